The average Bonchev–Trinajstić information content (AvgIpc) is 2.99. The van der Waals surface area contributed by atoms with Gasteiger partial charge >= 0.3 is 5.97 Å². The van der Waals surface area contributed by atoms with Crippen LogP contribution < -0.4 is 9.47 Å². The van der Waals surface area contributed by atoms with Crippen LogP contribution in [-0.4, -0.2) is 40.8 Å². The summed E-state index contributed by atoms with van der Waals surface area (Å²) >= 11 is 4.21. The second-order valence-electron chi connectivity index (χ2n) is 8.54. The molecule has 186 valence electrons. The maximum Gasteiger partial charge on any atom is 0.326 e. The Balaban J connectivity index is 1.80. The van der Waals surface area contributed by atoms with E-state index in [0.717, 1.165) is 16.7 Å². The van der Waals surface area contributed by atoms with Crippen molar-refractivity contribution in [3.05, 3.63) is 62.7 Å². The molecule has 2 aromatic rings. The number of thioether (sulfide) groups is 1. The largest absolute Gasteiger partial charge is 0.490 e. The molecule has 10 heteroatoms. The predicted octanol–water partition coefficient (Wildman–Crippen LogP) is 5.94. The Morgan fingerprint density at radius 2 is 1.91 bits per heavy atom. The summed E-state index contributed by atoms with van der Waals surface area (Å²) < 4.78 is 30.8. The first-order chi connectivity index (χ1) is 16.5. The lowest BCUT2D eigenvalue weighted by atomic mass is 10.1. The van der Waals surface area contributed by atoms with Crippen LogP contribution in [0.15, 0.2) is 45.8 Å². The minimum atomic E-state index is -0.727. The van der Waals surface area contributed by atoms with E-state index in [1.165, 1.54) is 12.1 Å². The van der Waals surface area contributed by atoms with Gasteiger partial charge in [0, 0.05) is 0 Å². The summed E-state index contributed by atoms with van der Waals surface area (Å²) in [4.78, 5) is 38.3. The van der Waals surface area contributed by atoms with Gasteiger partial charge < -0.3 is 14.2 Å². The number of nitrogens with zero attached hydrogens (tertiary/aromatic N) is 1. The summed E-state index contributed by atoms with van der Waals surface area (Å²) in [7, 11) is 0. The highest BCUT2D eigenvalue weighted by Crippen LogP contribution is 2.39. The highest BCUT2D eigenvalue weighted by atomic mass is 79.9. The number of esters is 1. The summed E-state index contributed by atoms with van der Waals surface area (Å²) in [6, 6.07) is 9.48. The van der Waals surface area contributed by atoms with Crippen LogP contribution >= 0.6 is 27.7 Å². The van der Waals surface area contributed by atoms with Crippen molar-refractivity contribution >= 4 is 50.9 Å². The molecule has 2 amide bonds. The van der Waals surface area contributed by atoms with Crippen LogP contribution in [0.2, 0.25) is 0 Å². The fourth-order valence-corrected chi connectivity index (χ4v) is 4.56. The van der Waals surface area contributed by atoms with E-state index in [9.17, 15) is 18.8 Å². The van der Waals surface area contributed by atoms with Gasteiger partial charge in [0.1, 0.15) is 24.6 Å². The van der Waals surface area contributed by atoms with Gasteiger partial charge in [-0.05, 0) is 96.9 Å². The second kappa shape index (κ2) is 11.3. The molecule has 0 N–H and O–H groups in total. The van der Waals surface area contributed by atoms with Gasteiger partial charge in [-0.25, -0.2) is 4.39 Å². The smallest absolute Gasteiger partial charge is 0.326 e. The number of hydrogen-bond donors (Lipinski definition) is 0. The van der Waals surface area contributed by atoms with Gasteiger partial charge in [-0.15, -0.1) is 0 Å². The van der Waals surface area contributed by atoms with Gasteiger partial charge in [-0.2, -0.15) is 0 Å². The molecule has 0 radical (unpaired) electrons. The Kier molecular flexibility index (Phi) is 8.60. The average molecular weight is 566 g/mol. The monoisotopic (exact) mass is 565 g/mol. The van der Waals surface area contributed by atoms with E-state index >= 15 is 0 Å². The van der Waals surface area contributed by atoms with Gasteiger partial charge in [0.25, 0.3) is 11.1 Å². The first-order valence-corrected chi connectivity index (χ1v) is 12.4. The Morgan fingerprint density at radius 1 is 1.17 bits per heavy atom. The quantitative estimate of drug-likeness (QED) is 0.289. The van der Waals surface area contributed by atoms with E-state index in [-0.39, 0.29) is 17.3 Å². The van der Waals surface area contributed by atoms with Gasteiger partial charge in [-0.3, -0.25) is 19.3 Å². The normalized spacial score (nSPS) is 15.0. The molecule has 35 heavy (non-hydrogen) atoms. The highest BCUT2D eigenvalue weighted by molar-refractivity contribution is 9.10. The van der Waals surface area contributed by atoms with Crippen molar-refractivity contribution in [2.24, 2.45) is 0 Å². The number of imide groups is 1. The van der Waals surface area contributed by atoms with Crippen molar-refractivity contribution in [1.29, 1.82) is 0 Å². The summed E-state index contributed by atoms with van der Waals surface area (Å²) in [5.41, 5.74) is 0.512. The lowest BCUT2D eigenvalue weighted by Crippen LogP contribution is -2.37. The molecule has 1 aliphatic rings. The molecule has 0 saturated carbocycles. The van der Waals surface area contributed by atoms with Gasteiger partial charge in [0.2, 0.25) is 0 Å². The number of halogens is 2. The molecule has 0 aromatic heterocycles. The molecular formula is C25H25BrFNO6S. The van der Waals surface area contributed by atoms with Crippen molar-refractivity contribution < 1.29 is 33.0 Å². The van der Waals surface area contributed by atoms with Crippen LogP contribution in [0, 0.1) is 5.82 Å². The van der Waals surface area contributed by atoms with Gasteiger partial charge in [0.15, 0.2) is 11.5 Å². The molecule has 1 heterocycles. The summed E-state index contributed by atoms with van der Waals surface area (Å²) in [6.45, 7) is 6.96. The zero-order chi connectivity index (χ0) is 25.8. The van der Waals surface area contributed by atoms with E-state index in [0.29, 0.717) is 33.7 Å². The molecule has 0 spiro atoms. The minimum absolute atomic E-state index is 0.124. The summed E-state index contributed by atoms with van der Waals surface area (Å²) in [5.74, 6) is -0.761. The topological polar surface area (TPSA) is 82.1 Å². The lowest BCUT2D eigenvalue weighted by Gasteiger charge is -2.21. The zero-order valence-corrected chi connectivity index (χ0v) is 22.1. The van der Waals surface area contributed by atoms with Crippen molar-refractivity contribution in [2.45, 2.75) is 39.9 Å². The highest BCUT2D eigenvalue weighted by Gasteiger charge is 2.37. The van der Waals surface area contributed by atoms with Crippen LogP contribution in [0.4, 0.5) is 9.18 Å². The van der Waals surface area contributed by atoms with E-state index in [2.05, 4.69) is 15.9 Å². The lowest BCUT2D eigenvalue weighted by molar-refractivity contribution is -0.156. The molecule has 7 nitrogen and oxygen atoms in total. The third-order valence-electron chi connectivity index (χ3n) is 4.48. The standard InChI is InChI=1S/C25H25BrFNO6S/c1-5-32-19-11-16(10-18(26)22(19)33-14-15-7-6-8-17(27)9-15)12-20-23(30)28(24(31)35-20)13-21(29)34-25(2,3)4/h6-12H,5,13-14H2,1-4H3. The molecule has 0 aliphatic carbocycles. The van der Waals surface area contributed by atoms with Crippen LogP contribution in [0.25, 0.3) is 6.08 Å². The first-order valence-electron chi connectivity index (χ1n) is 10.8. The Morgan fingerprint density at radius 3 is 2.57 bits per heavy atom. The zero-order valence-electron chi connectivity index (χ0n) is 19.7. The van der Waals surface area contributed by atoms with Crippen LogP contribution in [0.5, 0.6) is 11.5 Å². The second-order valence-corrected chi connectivity index (χ2v) is 10.4. The Labute approximate surface area is 215 Å². The molecule has 3 rings (SSSR count). The number of amides is 2. The number of carbonyl (C=O) groups is 3. The van der Waals surface area contributed by atoms with Gasteiger partial charge in [-0.1, -0.05) is 12.1 Å². The molecule has 0 atom stereocenters. The molecule has 1 saturated heterocycles. The Bertz CT molecular complexity index is 1180. The Hall–Kier alpha value is -2.85. The third kappa shape index (κ3) is 7.32. The van der Waals surface area contributed by atoms with Crippen LogP contribution in [0.3, 0.4) is 0 Å². The number of rotatable bonds is 8. The number of ether oxygens (including phenoxy) is 3. The molecular weight excluding hydrogens is 541 g/mol. The number of hydrogen-bond acceptors (Lipinski definition) is 7. The first kappa shape index (κ1) is 26.7. The molecule has 1 aliphatic heterocycles. The molecule has 1 fully saturated rings. The number of carbonyl (C=O) groups excluding carboxylic acids is 3. The van der Waals surface area contributed by atoms with E-state index < -0.39 is 29.3 Å². The molecule has 2 aromatic carbocycles. The molecule has 0 unspecified atom stereocenters. The maximum atomic E-state index is 13.5. The summed E-state index contributed by atoms with van der Waals surface area (Å²) in [6.07, 6.45) is 1.55. The van der Waals surface area contributed by atoms with Crippen molar-refractivity contribution in [1.82, 2.24) is 4.90 Å². The minimum Gasteiger partial charge on any atom is -0.490 e. The van der Waals surface area contributed by atoms with E-state index in [1.54, 1.807) is 51.1 Å². The van der Waals surface area contributed by atoms with Crippen molar-refractivity contribution in [2.75, 3.05) is 13.2 Å². The third-order valence-corrected chi connectivity index (χ3v) is 5.98. The van der Waals surface area contributed by atoms with Crippen LogP contribution in [0.1, 0.15) is 38.8 Å². The summed E-state index contributed by atoms with van der Waals surface area (Å²) in [5, 5.41) is -0.550. The predicted molar refractivity (Wildman–Crippen MR) is 135 cm³/mol. The molecule has 0 bridgehead atoms. The number of benzene rings is 2. The fraction of sp³-hybridized carbons (Fsp3) is 0.320. The van der Waals surface area contributed by atoms with Crippen molar-refractivity contribution in [3.63, 3.8) is 0 Å². The van der Waals surface area contributed by atoms with E-state index in [1.807, 2.05) is 6.92 Å². The van der Waals surface area contributed by atoms with E-state index in [4.69, 9.17) is 14.2 Å². The van der Waals surface area contributed by atoms with Crippen LogP contribution in [-0.2, 0) is 20.9 Å². The maximum absolute atomic E-state index is 13.5. The SMILES string of the molecule is CCOc1cc(C=C2SC(=O)N(CC(=O)OC(C)(C)C)C2=O)cc(Br)c1OCc1cccc(F)c1. The van der Waals surface area contributed by atoms with Crippen molar-refractivity contribution in [3.8, 4) is 11.5 Å². The fourth-order valence-electron chi connectivity index (χ4n) is 3.15. The van der Waals surface area contributed by atoms with Gasteiger partial charge in [0.05, 0.1) is 16.0 Å².